The fourth-order valence-corrected chi connectivity index (χ4v) is 6.07. The Hall–Kier alpha value is -2.30. The van der Waals surface area contributed by atoms with Crippen LogP contribution in [-0.2, 0) is 14.8 Å². The van der Waals surface area contributed by atoms with Gasteiger partial charge in [0.1, 0.15) is 10.0 Å². The third-order valence-corrected chi connectivity index (χ3v) is 8.07. The molecule has 34 heavy (non-hydrogen) atoms. The lowest BCUT2D eigenvalue weighted by molar-refractivity contribution is -0.117. The van der Waals surface area contributed by atoms with Gasteiger partial charge in [0.15, 0.2) is 0 Å². The number of nitrogens with zero attached hydrogens (tertiary/aromatic N) is 2. The second-order valence-electron chi connectivity index (χ2n) is 8.36. The van der Waals surface area contributed by atoms with Crippen LogP contribution in [0.4, 0.5) is 10.1 Å². The van der Waals surface area contributed by atoms with Crippen molar-refractivity contribution in [1.29, 1.82) is 0 Å². The number of halogens is 2. The van der Waals surface area contributed by atoms with E-state index in [1.54, 1.807) is 12.1 Å². The minimum Gasteiger partial charge on any atom is -0.312 e. The zero-order valence-corrected chi connectivity index (χ0v) is 21.6. The number of rotatable bonds is 6. The lowest BCUT2D eigenvalue weighted by atomic mass is 10.0. The average Bonchev–Trinajstić information content (AvgIpc) is 3.38. The van der Waals surface area contributed by atoms with E-state index in [1.165, 1.54) is 23.1 Å². The fraction of sp³-hybridized carbons (Fsp3) is 0.292. The summed E-state index contributed by atoms with van der Waals surface area (Å²) in [5.74, 6) is -0.972. The van der Waals surface area contributed by atoms with Crippen molar-refractivity contribution in [3.8, 4) is 11.1 Å². The molecule has 3 aromatic rings. The Bertz CT molecular complexity index is 1230. The molecule has 1 atom stereocenters. The molecule has 0 radical (unpaired) electrons. The molecule has 0 spiro atoms. The number of nitrogens with one attached hydrogen (secondary N) is 1. The van der Waals surface area contributed by atoms with E-state index in [1.807, 2.05) is 56.4 Å². The first-order valence-corrected chi connectivity index (χ1v) is 13.3. The molecule has 1 unspecified atom stereocenters. The topological polar surface area (TPSA) is 69.7 Å². The van der Waals surface area contributed by atoms with Gasteiger partial charge in [0, 0.05) is 19.5 Å². The van der Waals surface area contributed by atoms with Gasteiger partial charge >= 0.3 is 0 Å². The van der Waals surface area contributed by atoms with Crippen molar-refractivity contribution in [2.75, 3.05) is 39.1 Å². The molecule has 10 heteroatoms. The Morgan fingerprint density at radius 3 is 2.35 bits per heavy atom. The van der Waals surface area contributed by atoms with Crippen LogP contribution in [0.2, 0.25) is 4.34 Å². The lowest BCUT2D eigenvalue weighted by Gasteiger charge is -2.18. The smallest absolute Gasteiger partial charge is 0.250 e. The minimum atomic E-state index is -3.69. The zero-order valence-electron chi connectivity index (χ0n) is 19.2. The molecular weight excluding hydrogens is 497 g/mol. The minimum absolute atomic E-state index is 0.0871. The van der Waals surface area contributed by atoms with E-state index < -0.39 is 15.8 Å². The lowest BCUT2D eigenvalue weighted by Crippen LogP contribution is -2.31. The van der Waals surface area contributed by atoms with Gasteiger partial charge in [-0.25, -0.2) is 17.5 Å². The molecule has 6 nitrogen and oxygen atoms in total. The highest BCUT2D eigenvalue weighted by molar-refractivity contribution is 7.91. The molecule has 0 saturated carbocycles. The van der Waals surface area contributed by atoms with E-state index in [9.17, 15) is 17.6 Å². The van der Waals surface area contributed by atoms with Crippen molar-refractivity contribution < 1.29 is 17.6 Å². The largest absolute Gasteiger partial charge is 0.312 e. The van der Waals surface area contributed by atoms with Crippen LogP contribution in [0, 0.1) is 11.7 Å². The standard InChI is InChI=1S/C21H18ClFN2O3S2.C3H9N/c22-19-8-9-21(29-19)30(27,28)24-12-14-10-20(26)25(13-14)18-7-6-16(11-17(18)23)15-4-2-1-3-5-15;1-4(2)3/h1-9,11,14,24H,10,12-13H2;1-3H3. The summed E-state index contributed by atoms with van der Waals surface area (Å²) >= 11 is 6.77. The van der Waals surface area contributed by atoms with Crippen molar-refractivity contribution in [3.63, 3.8) is 0 Å². The first kappa shape index (κ1) is 26.3. The molecule has 1 N–H and O–H groups in total. The fourth-order valence-electron chi connectivity index (χ4n) is 3.43. The number of benzene rings is 2. The van der Waals surface area contributed by atoms with Crippen LogP contribution in [0.15, 0.2) is 64.9 Å². The Morgan fingerprint density at radius 2 is 1.76 bits per heavy atom. The van der Waals surface area contributed by atoms with Gasteiger partial charge in [-0.05, 0) is 62.5 Å². The van der Waals surface area contributed by atoms with Crippen LogP contribution in [-0.4, -0.2) is 53.5 Å². The average molecular weight is 524 g/mol. The van der Waals surface area contributed by atoms with Crippen molar-refractivity contribution in [2.45, 2.75) is 10.6 Å². The third-order valence-electron chi connectivity index (χ3n) is 4.93. The predicted octanol–water partition coefficient (Wildman–Crippen LogP) is 4.72. The molecule has 4 rings (SSSR count). The summed E-state index contributed by atoms with van der Waals surface area (Å²) in [7, 11) is 2.31. The summed E-state index contributed by atoms with van der Waals surface area (Å²) in [6.07, 6.45) is 0.146. The number of carbonyl (C=O) groups excluding carboxylic acids is 1. The van der Waals surface area contributed by atoms with E-state index in [2.05, 4.69) is 4.72 Å². The molecule has 2 aromatic carbocycles. The number of carbonyl (C=O) groups is 1. The molecule has 1 aliphatic heterocycles. The maximum atomic E-state index is 14.8. The van der Waals surface area contributed by atoms with E-state index >= 15 is 0 Å². The number of hydrogen-bond acceptors (Lipinski definition) is 5. The van der Waals surface area contributed by atoms with Crippen LogP contribution in [0.5, 0.6) is 0 Å². The second-order valence-corrected chi connectivity index (χ2v) is 12.1. The molecule has 1 amide bonds. The second kappa shape index (κ2) is 11.4. The zero-order chi connectivity index (χ0) is 24.9. The summed E-state index contributed by atoms with van der Waals surface area (Å²) in [6.45, 7) is 0.331. The van der Waals surface area contributed by atoms with Crippen LogP contribution in [0.3, 0.4) is 0 Å². The van der Waals surface area contributed by atoms with Crippen LogP contribution in [0.25, 0.3) is 11.1 Å². The molecule has 2 heterocycles. The number of sulfonamides is 1. The summed E-state index contributed by atoms with van der Waals surface area (Å²) in [6, 6.07) is 17.1. The first-order chi connectivity index (χ1) is 16.1. The summed E-state index contributed by atoms with van der Waals surface area (Å²) < 4.78 is 42.5. The van der Waals surface area contributed by atoms with E-state index in [4.69, 9.17) is 11.6 Å². The highest BCUT2D eigenvalue weighted by Gasteiger charge is 2.33. The number of amides is 1. The Labute approximate surface area is 209 Å². The van der Waals surface area contributed by atoms with E-state index in [0.717, 1.165) is 22.5 Å². The highest BCUT2D eigenvalue weighted by atomic mass is 35.5. The number of anilines is 1. The summed E-state index contributed by atoms with van der Waals surface area (Å²) in [4.78, 5) is 15.8. The van der Waals surface area contributed by atoms with Crippen LogP contribution >= 0.6 is 22.9 Å². The van der Waals surface area contributed by atoms with Gasteiger partial charge in [-0.2, -0.15) is 0 Å². The van der Waals surface area contributed by atoms with Crippen LogP contribution < -0.4 is 9.62 Å². The molecule has 0 bridgehead atoms. The quantitative estimate of drug-likeness (QED) is 0.507. The van der Waals surface area contributed by atoms with Gasteiger partial charge in [0.05, 0.1) is 10.0 Å². The van der Waals surface area contributed by atoms with Gasteiger partial charge in [0.2, 0.25) is 15.9 Å². The van der Waals surface area contributed by atoms with Crippen molar-refractivity contribution >= 4 is 44.6 Å². The van der Waals surface area contributed by atoms with E-state index in [0.29, 0.717) is 4.34 Å². The van der Waals surface area contributed by atoms with Crippen LogP contribution in [0.1, 0.15) is 6.42 Å². The summed E-state index contributed by atoms with van der Waals surface area (Å²) in [5, 5.41) is 0. The Kier molecular flexibility index (Phi) is 8.83. The van der Waals surface area contributed by atoms with E-state index in [-0.39, 0.29) is 41.2 Å². The molecule has 182 valence electrons. The Balaban J connectivity index is 0.000000751. The molecule has 1 fully saturated rings. The number of thiophene rings is 1. The third kappa shape index (κ3) is 6.86. The Morgan fingerprint density at radius 1 is 1.09 bits per heavy atom. The van der Waals surface area contributed by atoms with Gasteiger partial charge in [-0.3, -0.25) is 4.79 Å². The monoisotopic (exact) mass is 523 g/mol. The first-order valence-electron chi connectivity index (χ1n) is 10.6. The van der Waals surface area contributed by atoms with Crippen molar-refractivity contribution in [2.24, 2.45) is 5.92 Å². The molecule has 0 aliphatic carbocycles. The van der Waals surface area contributed by atoms with Gasteiger partial charge in [-0.1, -0.05) is 48.0 Å². The van der Waals surface area contributed by atoms with Crippen molar-refractivity contribution in [3.05, 3.63) is 70.8 Å². The highest BCUT2D eigenvalue weighted by Crippen LogP contribution is 2.31. The molecule has 1 aromatic heterocycles. The number of hydrogen-bond donors (Lipinski definition) is 1. The van der Waals surface area contributed by atoms with Gasteiger partial charge < -0.3 is 9.80 Å². The summed E-state index contributed by atoms with van der Waals surface area (Å²) in [5.41, 5.74) is 1.81. The predicted molar refractivity (Wildman–Crippen MR) is 136 cm³/mol. The van der Waals surface area contributed by atoms with Crippen molar-refractivity contribution in [1.82, 2.24) is 9.62 Å². The molecular formula is C24H27ClFN3O3S2. The van der Waals surface area contributed by atoms with Gasteiger partial charge in [-0.15, -0.1) is 11.3 Å². The maximum absolute atomic E-state index is 14.8. The molecule has 1 saturated heterocycles. The maximum Gasteiger partial charge on any atom is 0.250 e. The SMILES string of the molecule is CN(C)C.O=C1CC(CNS(=O)(=O)c2ccc(Cl)s2)CN1c1ccc(-c2ccccc2)cc1F. The molecule has 1 aliphatic rings. The van der Waals surface area contributed by atoms with Gasteiger partial charge in [0.25, 0.3) is 0 Å². The normalized spacial score (nSPS) is 16.0.